The number of sulfonamides is 1. The molecule has 1 aromatic heterocycles. The summed E-state index contributed by atoms with van der Waals surface area (Å²) in [4.78, 5) is 22.7. The van der Waals surface area contributed by atoms with Crippen LogP contribution >= 0.6 is 0 Å². The van der Waals surface area contributed by atoms with Gasteiger partial charge in [0.05, 0.1) is 22.1 Å². The number of benzene rings is 2. The number of nitrogens with one attached hydrogen (secondary N) is 2. The van der Waals surface area contributed by atoms with Crippen molar-refractivity contribution in [1.29, 1.82) is 0 Å². The lowest BCUT2D eigenvalue weighted by molar-refractivity contribution is -0.384. The average Bonchev–Trinajstić information content (AvgIpc) is 3.20. The number of aryl methyl sites for hydroxylation is 1. The topological polar surface area (TPSA) is 136 Å². The van der Waals surface area contributed by atoms with Crippen LogP contribution < -0.4 is 10.0 Å². The van der Waals surface area contributed by atoms with Crippen LogP contribution in [0.5, 0.6) is 0 Å². The molecule has 0 spiro atoms. The van der Waals surface area contributed by atoms with E-state index in [9.17, 15) is 23.3 Å². The number of nitro groups is 1. The summed E-state index contributed by atoms with van der Waals surface area (Å²) in [5.41, 5.74) is 2.27. The summed E-state index contributed by atoms with van der Waals surface area (Å²) in [5.74, 6) is -0.487. The minimum Gasteiger partial charge on any atom is -0.321 e. The molecule has 2 N–H and O–H groups in total. The highest BCUT2D eigenvalue weighted by Crippen LogP contribution is 2.21. The van der Waals surface area contributed by atoms with Crippen LogP contribution in [0.25, 0.3) is 5.69 Å². The van der Waals surface area contributed by atoms with Crippen molar-refractivity contribution in [1.82, 2.24) is 9.78 Å². The molecule has 0 fully saturated rings. The summed E-state index contributed by atoms with van der Waals surface area (Å²) >= 11 is 0. The Hall–Kier alpha value is -3.73. The quantitative estimate of drug-likeness (QED) is 0.437. The van der Waals surface area contributed by atoms with Crippen LogP contribution in [0.2, 0.25) is 0 Å². The molecule has 1 heterocycles. The number of carbonyl (C=O) groups excluding carboxylic acids is 1. The number of hydrogen-bond donors (Lipinski definition) is 2. The van der Waals surface area contributed by atoms with Crippen LogP contribution in [-0.2, 0) is 10.0 Å². The second kappa shape index (κ2) is 8.33. The molecule has 156 valence electrons. The van der Waals surface area contributed by atoms with E-state index < -0.39 is 20.9 Å². The molecule has 3 aromatic rings. The first-order chi connectivity index (χ1) is 14.2. The number of hydrogen-bond acceptors (Lipinski definition) is 6. The maximum Gasteiger partial charge on any atom is 0.276 e. The van der Waals surface area contributed by atoms with E-state index in [0.29, 0.717) is 22.6 Å². The van der Waals surface area contributed by atoms with Crippen LogP contribution in [-0.4, -0.2) is 34.8 Å². The second-order valence-electron chi connectivity index (χ2n) is 6.41. The molecule has 0 bridgehead atoms. The van der Waals surface area contributed by atoms with Gasteiger partial charge in [-0.3, -0.25) is 19.6 Å². The fourth-order valence-electron chi connectivity index (χ4n) is 2.61. The van der Waals surface area contributed by atoms with Gasteiger partial charge in [0, 0.05) is 24.0 Å². The third kappa shape index (κ3) is 4.81. The lowest BCUT2D eigenvalue weighted by Crippen LogP contribution is -2.16. The van der Waals surface area contributed by atoms with Crippen LogP contribution in [0.1, 0.15) is 23.0 Å². The number of aromatic nitrogens is 2. The monoisotopic (exact) mass is 429 g/mol. The van der Waals surface area contributed by atoms with Crippen LogP contribution in [0.3, 0.4) is 0 Å². The average molecular weight is 429 g/mol. The van der Waals surface area contributed by atoms with Gasteiger partial charge in [-0.05, 0) is 55.8 Å². The lowest BCUT2D eigenvalue weighted by atomic mass is 10.2. The molecule has 0 saturated carbocycles. The molecule has 1 amide bonds. The minimum atomic E-state index is -3.39. The smallest absolute Gasteiger partial charge is 0.276 e. The molecular weight excluding hydrogens is 410 g/mol. The number of anilines is 2. The Labute approximate surface area is 172 Å². The molecule has 0 unspecified atom stereocenters. The predicted molar refractivity (Wildman–Crippen MR) is 112 cm³/mol. The van der Waals surface area contributed by atoms with E-state index in [1.54, 1.807) is 38.2 Å². The lowest BCUT2D eigenvalue weighted by Gasteiger charge is -2.11. The largest absolute Gasteiger partial charge is 0.321 e. The first kappa shape index (κ1) is 21.0. The minimum absolute atomic E-state index is 0.0380. The van der Waals surface area contributed by atoms with E-state index in [0.717, 1.165) is 0 Å². The number of amides is 1. The molecule has 10 nitrogen and oxygen atoms in total. The third-order valence-corrected chi connectivity index (χ3v) is 5.57. The fraction of sp³-hybridized carbons (Fsp3) is 0.158. The summed E-state index contributed by atoms with van der Waals surface area (Å²) in [6.45, 7) is 3.27. The molecule has 0 aliphatic rings. The number of carbonyl (C=O) groups is 1. The predicted octanol–water partition coefficient (Wildman–Crippen LogP) is 3.10. The first-order valence-corrected chi connectivity index (χ1v) is 10.6. The standard InChI is InChI=1S/C19H19N5O5S/c1-3-30(28,29)22-17-9-4-14(12-13(17)2)20-19(25)18-10-11-23(21-18)15-5-7-16(8-6-15)24(26)27/h4-12,22H,3H2,1-2H3,(H,20,25). The van der Waals surface area contributed by atoms with Crippen molar-refractivity contribution in [2.45, 2.75) is 13.8 Å². The molecule has 3 rings (SSSR count). The van der Waals surface area contributed by atoms with E-state index in [4.69, 9.17) is 0 Å². The zero-order chi connectivity index (χ0) is 21.9. The molecule has 30 heavy (non-hydrogen) atoms. The van der Waals surface area contributed by atoms with Crippen molar-refractivity contribution >= 4 is 33.0 Å². The summed E-state index contributed by atoms with van der Waals surface area (Å²) < 4.78 is 27.3. The number of nitro benzene ring substituents is 1. The molecule has 2 aromatic carbocycles. The van der Waals surface area contributed by atoms with E-state index >= 15 is 0 Å². The Kier molecular flexibility index (Phi) is 5.83. The van der Waals surface area contributed by atoms with Gasteiger partial charge in [-0.25, -0.2) is 13.1 Å². The van der Waals surface area contributed by atoms with Gasteiger partial charge in [-0.2, -0.15) is 5.10 Å². The van der Waals surface area contributed by atoms with Gasteiger partial charge in [0.15, 0.2) is 5.69 Å². The zero-order valence-corrected chi connectivity index (χ0v) is 17.0. The van der Waals surface area contributed by atoms with Gasteiger partial charge in [-0.1, -0.05) is 0 Å². The van der Waals surface area contributed by atoms with E-state index in [2.05, 4.69) is 15.1 Å². The van der Waals surface area contributed by atoms with E-state index in [-0.39, 0.29) is 17.1 Å². The van der Waals surface area contributed by atoms with Crippen LogP contribution in [0.15, 0.2) is 54.7 Å². The first-order valence-electron chi connectivity index (χ1n) is 8.91. The molecule has 0 saturated heterocycles. The second-order valence-corrected chi connectivity index (χ2v) is 8.42. The van der Waals surface area contributed by atoms with Crippen molar-refractivity contribution in [2.24, 2.45) is 0 Å². The molecule has 11 heteroatoms. The van der Waals surface area contributed by atoms with E-state index in [1.165, 1.54) is 35.0 Å². The van der Waals surface area contributed by atoms with Gasteiger partial charge in [-0.15, -0.1) is 0 Å². The van der Waals surface area contributed by atoms with Crippen LogP contribution in [0, 0.1) is 17.0 Å². The Balaban J connectivity index is 1.72. The maximum atomic E-state index is 12.5. The zero-order valence-electron chi connectivity index (χ0n) is 16.2. The molecule has 0 radical (unpaired) electrons. The SMILES string of the molecule is CCS(=O)(=O)Nc1ccc(NC(=O)c2ccn(-c3ccc([N+](=O)[O-])cc3)n2)cc1C. The van der Waals surface area contributed by atoms with E-state index in [1.807, 2.05) is 0 Å². The Morgan fingerprint density at radius 1 is 1.17 bits per heavy atom. The van der Waals surface area contributed by atoms with Crippen molar-refractivity contribution in [3.8, 4) is 5.69 Å². The van der Waals surface area contributed by atoms with Gasteiger partial charge >= 0.3 is 0 Å². The third-order valence-electron chi connectivity index (χ3n) is 4.28. The van der Waals surface area contributed by atoms with Crippen molar-refractivity contribution < 1.29 is 18.1 Å². The summed E-state index contributed by atoms with van der Waals surface area (Å²) in [6.07, 6.45) is 1.57. The maximum absolute atomic E-state index is 12.5. The van der Waals surface area contributed by atoms with Crippen LogP contribution in [0.4, 0.5) is 17.1 Å². The summed E-state index contributed by atoms with van der Waals surface area (Å²) in [6, 6.07) is 12.1. The highest BCUT2D eigenvalue weighted by atomic mass is 32.2. The Bertz CT molecular complexity index is 1200. The number of non-ortho nitro benzene ring substituents is 1. The Morgan fingerprint density at radius 3 is 2.47 bits per heavy atom. The van der Waals surface area contributed by atoms with Crippen molar-refractivity contribution in [3.63, 3.8) is 0 Å². The molecule has 0 atom stereocenters. The normalized spacial score (nSPS) is 11.1. The highest BCUT2D eigenvalue weighted by molar-refractivity contribution is 7.92. The van der Waals surface area contributed by atoms with Gasteiger partial charge in [0.2, 0.25) is 10.0 Å². The van der Waals surface area contributed by atoms with Gasteiger partial charge < -0.3 is 5.32 Å². The summed E-state index contributed by atoms with van der Waals surface area (Å²) in [7, 11) is -3.39. The highest BCUT2D eigenvalue weighted by Gasteiger charge is 2.13. The number of nitrogens with zero attached hydrogens (tertiary/aromatic N) is 3. The Morgan fingerprint density at radius 2 is 1.87 bits per heavy atom. The number of rotatable bonds is 7. The fourth-order valence-corrected chi connectivity index (χ4v) is 3.32. The van der Waals surface area contributed by atoms with Crippen molar-refractivity contribution in [3.05, 3.63) is 76.1 Å². The summed E-state index contributed by atoms with van der Waals surface area (Å²) in [5, 5.41) is 17.6. The van der Waals surface area contributed by atoms with Gasteiger partial charge in [0.25, 0.3) is 11.6 Å². The molecule has 0 aliphatic heterocycles. The van der Waals surface area contributed by atoms with Crippen molar-refractivity contribution in [2.75, 3.05) is 15.8 Å². The molecule has 0 aliphatic carbocycles. The van der Waals surface area contributed by atoms with Gasteiger partial charge in [0.1, 0.15) is 0 Å². The molecular formula is C19H19N5O5S.